The maximum atomic E-state index is 6.13. The molecule has 2 rings (SSSR count). The van der Waals surface area contributed by atoms with Gasteiger partial charge in [-0.3, -0.25) is 0 Å². The molecule has 0 saturated heterocycles. The minimum absolute atomic E-state index is 0.198. The van der Waals surface area contributed by atoms with Crippen LogP contribution in [-0.4, -0.2) is 14.7 Å². The Balaban J connectivity index is 2.53. The number of aromatic nitrogens is 2. The van der Waals surface area contributed by atoms with Gasteiger partial charge in [0.15, 0.2) is 5.11 Å². The molecule has 1 aromatic carbocycles. The van der Waals surface area contributed by atoms with E-state index in [4.69, 9.17) is 29.6 Å². The van der Waals surface area contributed by atoms with Crippen LogP contribution in [0.15, 0.2) is 36.9 Å². The van der Waals surface area contributed by atoms with Crippen LogP contribution in [0.25, 0.3) is 5.69 Å². The molecule has 0 bridgehead atoms. The third kappa shape index (κ3) is 2.15. The zero-order valence-electron chi connectivity index (χ0n) is 8.22. The van der Waals surface area contributed by atoms with Crippen LogP contribution >= 0.6 is 23.8 Å². The number of rotatable bonds is 2. The van der Waals surface area contributed by atoms with Gasteiger partial charge in [-0.2, -0.15) is 0 Å². The number of nitrogens with zero attached hydrogens (tertiary/aromatic N) is 2. The van der Waals surface area contributed by atoms with Gasteiger partial charge in [-0.1, -0.05) is 17.7 Å². The predicted molar refractivity (Wildman–Crippen MR) is 69.0 cm³/mol. The van der Waals surface area contributed by atoms with Crippen molar-refractivity contribution in [3.8, 4) is 5.69 Å². The Morgan fingerprint density at radius 1 is 1.50 bits per heavy atom. The number of imidazole rings is 1. The van der Waals surface area contributed by atoms with Crippen LogP contribution in [0.3, 0.4) is 0 Å². The minimum Gasteiger partial charge on any atom is -0.376 e. The molecule has 6 heteroatoms. The number of anilines is 1. The van der Waals surface area contributed by atoms with E-state index in [0.29, 0.717) is 5.02 Å². The Morgan fingerprint density at radius 3 is 2.94 bits per heavy atom. The highest BCUT2D eigenvalue weighted by Gasteiger charge is 2.08. The molecule has 0 saturated carbocycles. The lowest BCUT2D eigenvalue weighted by Crippen LogP contribution is -2.20. The molecule has 0 radical (unpaired) electrons. The summed E-state index contributed by atoms with van der Waals surface area (Å²) in [6, 6.07) is 5.46. The molecule has 0 atom stereocenters. The quantitative estimate of drug-likeness (QED) is 0.805. The van der Waals surface area contributed by atoms with E-state index >= 15 is 0 Å². The fraction of sp³-hybridized carbons (Fsp3) is 0. The minimum atomic E-state index is 0.198. The molecular weight excluding hydrogens is 244 g/mol. The third-order valence-electron chi connectivity index (χ3n) is 2.01. The van der Waals surface area contributed by atoms with Gasteiger partial charge in [0.05, 0.1) is 22.7 Å². The largest absolute Gasteiger partial charge is 0.376 e. The molecule has 0 amide bonds. The second kappa shape index (κ2) is 4.51. The van der Waals surface area contributed by atoms with Crippen LogP contribution in [0, 0.1) is 0 Å². The smallest absolute Gasteiger partial charge is 0.168 e. The summed E-state index contributed by atoms with van der Waals surface area (Å²) < 4.78 is 1.79. The van der Waals surface area contributed by atoms with Gasteiger partial charge in [0, 0.05) is 12.4 Å². The van der Waals surface area contributed by atoms with Gasteiger partial charge >= 0.3 is 0 Å². The second-order valence-corrected chi connectivity index (χ2v) is 3.94. The summed E-state index contributed by atoms with van der Waals surface area (Å²) in [6.07, 6.45) is 5.13. The number of benzene rings is 1. The van der Waals surface area contributed by atoms with Gasteiger partial charge in [0.2, 0.25) is 0 Å². The second-order valence-electron chi connectivity index (χ2n) is 3.10. The van der Waals surface area contributed by atoms with E-state index in [-0.39, 0.29) is 5.11 Å². The molecule has 16 heavy (non-hydrogen) atoms. The summed E-state index contributed by atoms with van der Waals surface area (Å²) in [5, 5.41) is 3.67. The summed E-state index contributed by atoms with van der Waals surface area (Å²) in [6.45, 7) is 0. The number of nitrogens with one attached hydrogen (secondary N) is 1. The third-order valence-corrected chi connectivity index (χ3v) is 2.41. The Labute approximate surface area is 103 Å². The first-order valence-corrected chi connectivity index (χ1v) is 5.30. The van der Waals surface area contributed by atoms with Crippen LogP contribution in [0.2, 0.25) is 5.02 Å². The number of para-hydroxylation sites is 1. The summed E-state index contributed by atoms with van der Waals surface area (Å²) in [7, 11) is 0. The van der Waals surface area contributed by atoms with E-state index < -0.39 is 0 Å². The molecule has 82 valence electrons. The van der Waals surface area contributed by atoms with Crippen molar-refractivity contribution in [2.45, 2.75) is 0 Å². The highest BCUT2D eigenvalue weighted by atomic mass is 35.5. The predicted octanol–water partition coefficient (Wildman–Crippen LogP) is 2.18. The van der Waals surface area contributed by atoms with Gasteiger partial charge in [-0.25, -0.2) is 4.98 Å². The zero-order chi connectivity index (χ0) is 11.5. The lowest BCUT2D eigenvalue weighted by molar-refractivity contribution is 1.06. The summed E-state index contributed by atoms with van der Waals surface area (Å²) in [5.74, 6) is 0. The lowest BCUT2D eigenvalue weighted by atomic mass is 10.2. The van der Waals surface area contributed by atoms with Gasteiger partial charge < -0.3 is 15.6 Å². The van der Waals surface area contributed by atoms with Crippen molar-refractivity contribution >= 4 is 34.6 Å². The Hall–Kier alpha value is -1.59. The van der Waals surface area contributed by atoms with Crippen molar-refractivity contribution in [2.75, 3.05) is 5.32 Å². The van der Waals surface area contributed by atoms with Crippen LogP contribution < -0.4 is 11.1 Å². The first-order valence-electron chi connectivity index (χ1n) is 4.52. The van der Waals surface area contributed by atoms with Crippen molar-refractivity contribution in [1.82, 2.24) is 9.55 Å². The van der Waals surface area contributed by atoms with Crippen molar-refractivity contribution < 1.29 is 0 Å². The van der Waals surface area contributed by atoms with E-state index in [1.54, 1.807) is 29.4 Å². The zero-order valence-corrected chi connectivity index (χ0v) is 9.79. The van der Waals surface area contributed by atoms with E-state index in [1.165, 1.54) is 0 Å². The number of hydrogen-bond donors (Lipinski definition) is 2. The van der Waals surface area contributed by atoms with Gasteiger partial charge in [-0.15, -0.1) is 0 Å². The molecule has 3 N–H and O–H groups in total. The van der Waals surface area contributed by atoms with Crippen LogP contribution in [-0.2, 0) is 0 Å². The Bertz CT molecular complexity index is 510. The number of thiocarbonyl (C=S) groups is 1. The van der Waals surface area contributed by atoms with E-state index in [0.717, 1.165) is 11.4 Å². The van der Waals surface area contributed by atoms with Gasteiger partial charge in [-0.05, 0) is 24.4 Å². The molecule has 0 aliphatic rings. The molecule has 1 heterocycles. The molecule has 0 aliphatic carbocycles. The molecule has 0 aliphatic heterocycles. The van der Waals surface area contributed by atoms with Crippen molar-refractivity contribution in [1.29, 1.82) is 0 Å². The molecule has 1 aromatic heterocycles. The van der Waals surface area contributed by atoms with Gasteiger partial charge in [0.1, 0.15) is 0 Å². The molecule has 0 unspecified atom stereocenters. The van der Waals surface area contributed by atoms with Gasteiger partial charge in [0.25, 0.3) is 0 Å². The topological polar surface area (TPSA) is 55.9 Å². The molecular formula is C10H9ClN4S. The average Bonchev–Trinajstić information content (AvgIpc) is 2.69. The molecule has 0 spiro atoms. The van der Waals surface area contributed by atoms with Crippen molar-refractivity contribution in [2.24, 2.45) is 5.73 Å². The van der Waals surface area contributed by atoms with E-state index in [1.807, 2.05) is 12.1 Å². The SMILES string of the molecule is NC(=S)Nc1cccc(Cl)c1-n1ccnc1. The fourth-order valence-electron chi connectivity index (χ4n) is 1.40. The molecule has 2 aromatic rings. The lowest BCUT2D eigenvalue weighted by Gasteiger charge is -2.12. The summed E-state index contributed by atoms with van der Waals surface area (Å²) in [5.41, 5.74) is 6.97. The van der Waals surface area contributed by atoms with Crippen LogP contribution in [0.4, 0.5) is 5.69 Å². The highest BCUT2D eigenvalue weighted by molar-refractivity contribution is 7.80. The normalized spacial score (nSPS) is 10.1. The van der Waals surface area contributed by atoms with Crippen LogP contribution in [0.5, 0.6) is 0 Å². The standard InChI is InChI=1S/C10H9ClN4S/c11-7-2-1-3-8(14-10(12)16)9(7)15-5-4-13-6-15/h1-6H,(H3,12,14,16). The number of nitrogens with two attached hydrogens (primary N) is 1. The maximum absolute atomic E-state index is 6.13. The number of halogens is 1. The van der Waals surface area contributed by atoms with E-state index in [2.05, 4.69) is 10.3 Å². The first kappa shape index (κ1) is 10.9. The average molecular weight is 253 g/mol. The Kier molecular flexibility index (Phi) is 3.07. The highest BCUT2D eigenvalue weighted by Crippen LogP contribution is 2.28. The number of hydrogen-bond acceptors (Lipinski definition) is 2. The Morgan fingerprint density at radius 2 is 2.31 bits per heavy atom. The molecule has 4 nitrogen and oxygen atoms in total. The maximum Gasteiger partial charge on any atom is 0.168 e. The van der Waals surface area contributed by atoms with Crippen molar-refractivity contribution in [3.63, 3.8) is 0 Å². The molecule has 0 fully saturated rings. The summed E-state index contributed by atoms with van der Waals surface area (Å²) in [4.78, 5) is 3.97. The first-order chi connectivity index (χ1) is 7.68. The summed E-state index contributed by atoms with van der Waals surface area (Å²) >= 11 is 10.9. The van der Waals surface area contributed by atoms with Crippen LogP contribution in [0.1, 0.15) is 0 Å². The monoisotopic (exact) mass is 252 g/mol. The fourth-order valence-corrected chi connectivity index (χ4v) is 1.78. The van der Waals surface area contributed by atoms with Crippen molar-refractivity contribution in [3.05, 3.63) is 41.9 Å². The van der Waals surface area contributed by atoms with E-state index in [9.17, 15) is 0 Å².